The van der Waals surface area contributed by atoms with Crippen molar-refractivity contribution >= 4 is 37.3 Å². The van der Waals surface area contributed by atoms with Gasteiger partial charge in [0.1, 0.15) is 0 Å². The zero-order chi connectivity index (χ0) is 14.9. The maximum Gasteiger partial charge on any atom is 0.262 e. The highest BCUT2D eigenvalue weighted by molar-refractivity contribution is 9.10. The van der Waals surface area contributed by atoms with Crippen molar-refractivity contribution in [3.05, 3.63) is 35.1 Å². The molecule has 0 spiro atoms. The smallest absolute Gasteiger partial charge is 0.262 e. The van der Waals surface area contributed by atoms with E-state index in [1.54, 1.807) is 10.9 Å². The van der Waals surface area contributed by atoms with Crippen LogP contribution >= 0.6 is 15.9 Å². The monoisotopic (exact) mass is 358 g/mol. The fourth-order valence-corrected chi connectivity index (χ4v) is 3.15. The summed E-state index contributed by atoms with van der Waals surface area (Å²) >= 11 is 3.21. The number of rotatable bonds is 4. The van der Waals surface area contributed by atoms with Gasteiger partial charge in [-0.05, 0) is 48.0 Å². The molecule has 0 aliphatic heterocycles. The molecule has 0 atom stereocenters. The van der Waals surface area contributed by atoms with Crippen molar-refractivity contribution in [3.8, 4) is 0 Å². The van der Waals surface area contributed by atoms with E-state index >= 15 is 0 Å². The first-order chi connectivity index (χ1) is 9.29. The van der Waals surface area contributed by atoms with Crippen LogP contribution in [0, 0.1) is 0 Å². The number of nitrogens with two attached hydrogens (primary N) is 1. The molecule has 0 radical (unpaired) electrons. The van der Waals surface area contributed by atoms with Gasteiger partial charge in [0.05, 0.1) is 16.8 Å². The molecule has 1 aromatic heterocycles. The SMILES string of the molecule is CC(C)n1cc(NS(=O)(=O)c2ccc(N)c(Br)c2)cn1. The van der Waals surface area contributed by atoms with E-state index < -0.39 is 10.0 Å². The van der Waals surface area contributed by atoms with Crippen LogP contribution in [0.4, 0.5) is 11.4 Å². The van der Waals surface area contributed by atoms with Gasteiger partial charge in [-0.25, -0.2) is 8.42 Å². The maximum atomic E-state index is 12.2. The van der Waals surface area contributed by atoms with E-state index in [0.29, 0.717) is 15.8 Å². The molecule has 2 aromatic rings. The Labute approximate surface area is 126 Å². The Kier molecular flexibility index (Phi) is 4.05. The summed E-state index contributed by atoms with van der Waals surface area (Å²) in [5.41, 5.74) is 6.55. The van der Waals surface area contributed by atoms with Gasteiger partial charge in [-0.15, -0.1) is 0 Å². The number of aromatic nitrogens is 2. The van der Waals surface area contributed by atoms with Gasteiger partial charge in [0.2, 0.25) is 0 Å². The quantitative estimate of drug-likeness (QED) is 0.821. The van der Waals surface area contributed by atoms with Gasteiger partial charge >= 0.3 is 0 Å². The standard InChI is InChI=1S/C12H15BrN4O2S/c1-8(2)17-7-9(6-15-17)16-20(18,19)10-3-4-12(14)11(13)5-10/h3-8,16H,14H2,1-2H3. The molecule has 0 aliphatic carbocycles. The number of nitrogens with zero attached hydrogens (tertiary/aromatic N) is 2. The summed E-state index contributed by atoms with van der Waals surface area (Å²) < 4.78 is 29.2. The van der Waals surface area contributed by atoms with Gasteiger partial charge in [-0.3, -0.25) is 9.40 Å². The summed E-state index contributed by atoms with van der Waals surface area (Å²) in [6, 6.07) is 4.62. The lowest BCUT2D eigenvalue weighted by molar-refractivity contribution is 0.532. The number of hydrogen-bond acceptors (Lipinski definition) is 4. The first-order valence-electron chi connectivity index (χ1n) is 5.91. The molecule has 0 amide bonds. The summed E-state index contributed by atoms with van der Waals surface area (Å²) in [6.07, 6.45) is 3.12. The molecule has 2 rings (SSSR count). The van der Waals surface area contributed by atoms with Gasteiger partial charge in [0.15, 0.2) is 0 Å². The van der Waals surface area contributed by atoms with E-state index in [2.05, 4.69) is 25.8 Å². The topological polar surface area (TPSA) is 90.0 Å². The highest BCUT2D eigenvalue weighted by Crippen LogP contribution is 2.24. The summed E-state index contributed by atoms with van der Waals surface area (Å²) in [5, 5.41) is 4.09. The van der Waals surface area contributed by atoms with Gasteiger partial charge in [0, 0.05) is 22.4 Å². The predicted molar refractivity (Wildman–Crippen MR) is 82.0 cm³/mol. The molecule has 1 heterocycles. The number of nitrogen functional groups attached to an aromatic ring is 1. The Morgan fingerprint density at radius 1 is 1.40 bits per heavy atom. The lowest BCUT2D eigenvalue weighted by Crippen LogP contribution is -2.12. The van der Waals surface area contributed by atoms with Crippen LogP contribution in [0.2, 0.25) is 0 Å². The minimum Gasteiger partial charge on any atom is -0.398 e. The van der Waals surface area contributed by atoms with Gasteiger partial charge in [-0.2, -0.15) is 5.10 Å². The van der Waals surface area contributed by atoms with E-state index in [-0.39, 0.29) is 10.9 Å². The predicted octanol–water partition coefficient (Wildman–Crippen LogP) is 2.61. The van der Waals surface area contributed by atoms with E-state index in [4.69, 9.17) is 5.73 Å². The van der Waals surface area contributed by atoms with Crippen molar-refractivity contribution in [2.45, 2.75) is 24.8 Å². The van der Waals surface area contributed by atoms with Gasteiger partial charge < -0.3 is 5.73 Å². The number of hydrogen-bond donors (Lipinski definition) is 2. The fraction of sp³-hybridized carbons (Fsp3) is 0.250. The van der Waals surface area contributed by atoms with E-state index in [1.165, 1.54) is 24.4 Å². The third kappa shape index (κ3) is 3.13. The average Bonchev–Trinajstić information content (AvgIpc) is 2.80. The number of halogens is 1. The average molecular weight is 359 g/mol. The highest BCUT2D eigenvalue weighted by atomic mass is 79.9. The zero-order valence-corrected chi connectivity index (χ0v) is 13.4. The zero-order valence-electron chi connectivity index (χ0n) is 11.0. The van der Waals surface area contributed by atoms with Crippen molar-refractivity contribution in [2.24, 2.45) is 0 Å². The van der Waals surface area contributed by atoms with E-state index in [1.807, 2.05) is 13.8 Å². The van der Waals surface area contributed by atoms with Crippen LogP contribution in [0.25, 0.3) is 0 Å². The van der Waals surface area contributed by atoms with Crippen LogP contribution in [0.5, 0.6) is 0 Å². The molecule has 6 nitrogen and oxygen atoms in total. The second-order valence-corrected chi connectivity index (χ2v) is 7.13. The molecule has 1 aromatic carbocycles. The van der Waals surface area contributed by atoms with Crippen molar-refractivity contribution in [2.75, 3.05) is 10.5 Å². The molecule has 0 unspecified atom stereocenters. The maximum absolute atomic E-state index is 12.2. The van der Waals surface area contributed by atoms with Crippen LogP contribution in [0.3, 0.4) is 0 Å². The van der Waals surface area contributed by atoms with Crippen molar-refractivity contribution in [1.82, 2.24) is 9.78 Å². The number of sulfonamides is 1. The third-order valence-electron chi connectivity index (χ3n) is 2.67. The van der Waals surface area contributed by atoms with Gasteiger partial charge in [-0.1, -0.05) is 0 Å². The first-order valence-corrected chi connectivity index (χ1v) is 8.19. The van der Waals surface area contributed by atoms with E-state index in [9.17, 15) is 8.42 Å². The first kappa shape index (κ1) is 14.9. The van der Waals surface area contributed by atoms with Crippen molar-refractivity contribution in [1.29, 1.82) is 0 Å². The summed E-state index contributed by atoms with van der Waals surface area (Å²) in [4.78, 5) is 0.135. The largest absolute Gasteiger partial charge is 0.398 e. The molecule has 0 saturated heterocycles. The molecular weight excluding hydrogens is 344 g/mol. The number of nitrogens with one attached hydrogen (secondary N) is 1. The molecule has 20 heavy (non-hydrogen) atoms. The Morgan fingerprint density at radius 3 is 2.65 bits per heavy atom. The summed E-state index contributed by atoms with van der Waals surface area (Å²) in [6.45, 7) is 3.92. The van der Waals surface area contributed by atoms with Crippen LogP contribution in [-0.2, 0) is 10.0 Å². The van der Waals surface area contributed by atoms with Crippen LogP contribution < -0.4 is 10.5 Å². The summed E-state index contributed by atoms with van der Waals surface area (Å²) in [5.74, 6) is 0. The number of benzene rings is 1. The molecule has 0 bridgehead atoms. The minimum absolute atomic E-state index is 0.135. The van der Waals surface area contributed by atoms with Crippen LogP contribution in [0.15, 0.2) is 40.0 Å². The lowest BCUT2D eigenvalue weighted by Gasteiger charge is -2.07. The summed E-state index contributed by atoms with van der Waals surface area (Å²) in [7, 11) is -3.65. The fourth-order valence-electron chi connectivity index (χ4n) is 1.56. The van der Waals surface area contributed by atoms with E-state index in [0.717, 1.165) is 0 Å². The van der Waals surface area contributed by atoms with Crippen molar-refractivity contribution < 1.29 is 8.42 Å². The molecule has 0 fully saturated rings. The highest BCUT2D eigenvalue weighted by Gasteiger charge is 2.16. The molecule has 108 valence electrons. The Morgan fingerprint density at radius 2 is 2.10 bits per heavy atom. The third-order valence-corrected chi connectivity index (χ3v) is 4.73. The molecule has 8 heteroatoms. The van der Waals surface area contributed by atoms with Gasteiger partial charge in [0.25, 0.3) is 10.0 Å². The Hall–Kier alpha value is -1.54. The molecule has 0 aliphatic rings. The minimum atomic E-state index is -3.65. The molecule has 0 saturated carbocycles. The Bertz CT molecular complexity index is 725. The Balaban J connectivity index is 2.28. The van der Waals surface area contributed by atoms with Crippen LogP contribution in [-0.4, -0.2) is 18.2 Å². The van der Waals surface area contributed by atoms with Crippen LogP contribution in [0.1, 0.15) is 19.9 Å². The molecule has 3 N–H and O–H groups in total. The normalized spacial score (nSPS) is 11.8. The lowest BCUT2D eigenvalue weighted by atomic mass is 10.3. The molecular formula is C12H15BrN4O2S. The second-order valence-electron chi connectivity index (χ2n) is 4.59. The second kappa shape index (κ2) is 5.45. The van der Waals surface area contributed by atoms with Crippen molar-refractivity contribution in [3.63, 3.8) is 0 Å². The number of anilines is 2.